The lowest BCUT2D eigenvalue weighted by Gasteiger charge is -2.09. The van der Waals surface area contributed by atoms with Gasteiger partial charge in [0.25, 0.3) is 5.56 Å². The van der Waals surface area contributed by atoms with E-state index in [1.807, 2.05) is 13.0 Å². The summed E-state index contributed by atoms with van der Waals surface area (Å²) >= 11 is 5.67. The zero-order valence-electron chi connectivity index (χ0n) is 13.4. The van der Waals surface area contributed by atoms with Gasteiger partial charge < -0.3 is 5.32 Å². The van der Waals surface area contributed by atoms with Crippen LogP contribution in [0.25, 0.3) is 10.9 Å². The molecule has 1 aromatic heterocycles. The lowest BCUT2D eigenvalue weighted by atomic mass is 10.1. The van der Waals surface area contributed by atoms with Gasteiger partial charge in [-0.2, -0.15) is 0 Å². The van der Waals surface area contributed by atoms with Crippen molar-refractivity contribution in [3.63, 3.8) is 0 Å². The van der Waals surface area contributed by atoms with Crippen LogP contribution in [0.1, 0.15) is 12.0 Å². The first-order valence-corrected chi connectivity index (χ1v) is 8.03. The topological polar surface area (TPSA) is 64.0 Å². The van der Waals surface area contributed by atoms with Crippen LogP contribution < -0.4 is 10.9 Å². The van der Waals surface area contributed by atoms with Gasteiger partial charge in [-0.05, 0) is 36.8 Å². The Kier molecular flexibility index (Phi) is 4.81. The third-order valence-electron chi connectivity index (χ3n) is 3.84. The number of benzene rings is 2. The molecule has 2 aromatic carbocycles. The van der Waals surface area contributed by atoms with Crippen molar-refractivity contribution in [2.45, 2.75) is 19.9 Å². The Balaban J connectivity index is 1.73. The molecule has 1 heterocycles. The number of aryl methyl sites for hydroxylation is 2. The van der Waals surface area contributed by atoms with Gasteiger partial charge in [-0.15, -0.1) is 0 Å². The van der Waals surface area contributed by atoms with Crippen molar-refractivity contribution in [1.29, 1.82) is 0 Å². The van der Waals surface area contributed by atoms with Gasteiger partial charge in [-0.3, -0.25) is 14.2 Å². The van der Waals surface area contributed by atoms with Crippen molar-refractivity contribution >= 4 is 34.1 Å². The molecule has 3 rings (SSSR count). The summed E-state index contributed by atoms with van der Waals surface area (Å²) in [6.07, 6.45) is 1.44. The second kappa shape index (κ2) is 7.03. The Labute approximate surface area is 148 Å². The summed E-state index contributed by atoms with van der Waals surface area (Å²) in [5.41, 5.74) is 1.40. The van der Waals surface area contributed by atoms with Gasteiger partial charge in [0.05, 0.1) is 22.9 Å². The molecule has 25 heavy (non-hydrogen) atoms. The Morgan fingerprint density at radius 3 is 2.88 bits per heavy atom. The highest BCUT2D eigenvalue weighted by Gasteiger charge is 2.10. The molecule has 0 atom stereocenters. The molecule has 0 bridgehead atoms. The minimum absolute atomic E-state index is 0.0149. The Morgan fingerprint density at radius 2 is 2.12 bits per heavy atom. The third kappa shape index (κ3) is 3.69. The van der Waals surface area contributed by atoms with E-state index < -0.39 is 11.7 Å². The van der Waals surface area contributed by atoms with Crippen LogP contribution in [-0.2, 0) is 11.3 Å². The van der Waals surface area contributed by atoms with Crippen LogP contribution in [-0.4, -0.2) is 15.5 Å². The fourth-order valence-corrected chi connectivity index (χ4v) is 2.68. The number of carbonyl (C=O) groups excluding carboxylic acids is 1. The summed E-state index contributed by atoms with van der Waals surface area (Å²) in [6.45, 7) is 2.03. The van der Waals surface area contributed by atoms with Crippen LogP contribution in [0.3, 0.4) is 0 Å². The first-order valence-electron chi connectivity index (χ1n) is 7.65. The molecule has 0 radical (unpaired) electrons. The summed E-state index contributed by atoms with van der Waals surface area (Å²) in [5, 5.41) is 3.22. The van der Waals surface area contributed by atoms with Crippen LogP contribution in [0.4, 0.5) is 10.1 Å². The monoisotopic (exact) mass is 359 g/mol. The fourth-order valence-electron chi connectivity index (χ4n) is 2.52. The maximum Gasteiger partial charge on any atom is 0.261 e. The maximum atomic E-state index is 13.7. The number of aromatic nitrogens is 2. The highest BCUT2D eigenvalue weighted by atomic mass is 35.5. The zero-order valence-corrected chi connectivity index (χ0v) is 14.2. The number of hydrogen-bond acceptors (Lipinski definition) is 3. The molecular formula is C18H15ClFN3O2. The van der Waals surface area contributed by atoms with Crippen molar-refractivity contribution in [3.05, 3.63) is 69.5 Å². The number of rotatable bonds is 4. The summed E-state index contributed by atoms with van der Waals surface area (Å²) in [7, 11) is 0. The molecule has 5 nitrogen and oxygen atoms in total. The van der Waals surface area contributed by atoms with E-state index in [9.17, 15) is 14.0 Å². The van der Waals surface area contributed by atoms with E-state index >= 15 is 0 Å². The number of anilines is 1. The summed E-state index contributed by atoms with van der Waals surface area (Å²) in [5.74, 6) is -1.02. The lowest BCUT2D eigenvalue weighted by Crippen LogP contribution is -2.24. The number of nitrogens with one attached hydrogen (secondary N) is 1. The average molecular weight is 360 g/mol. The van der Waals surface area contributed by atoms with Gasteiger partial charge in [0.2, 0.25) is 5.91 Å². The Hall–Kier alpha value is -2.73. The second-order valence-electron chi connectivity index (χ2n) is 5.64. The second-order valence-corrected chi connectivity index (χ2v) is 6.07. The van der Waals surface area contributed by atoms with E-state index in [-0.39, 0.29) is 29.2 Å². The average Bonchev–Trinajstić information content (AvgIpc) is 2.57. The van der Waals surface area contributed by atoms with Gasteiger partial charge in [-0.25, -0.2) is 9.37 Å². The van der Waals surface area contributed by atoms with Gasteiger partial charge in [0, 0.05) is 18.0 Å². The molecule has 1 N–H and O–H groups in total. The van der Waals surface area contributed by atoms with E-state index in [0.717, 1.165) is 11.6 Å². The number of amides is 1. The van der Waals surface area contributed by atoms with E-state index in [1.165, 1.54) is 23.0 Å². The van der Waals surface area contributed by atoms with Crippen molar-refractivity contribution in [1.82, 2.24) is 9.55 Å². The van der Waals surface area contributed by atoms with Crippen LogP contribution >= 0.6 is 11.6 Å². The van der Waals surface area contributed by atoms with Gasteiger partial charge in [-0.1, -0.05) is 23.7 Å². The molecule has 0 saturated carbocycles. The largest absolute Gasteiger partial charge is 0.324 e. The molecule has 1 amide bonds. The van der Waals surface area contributed by atoms with Gasteiger partial charge in [0.1, 0.15) is 5.82 Å². The zero-order chi connectivity index (χ0) is 18.0. The van der Waals surface area contributed by atoms with Crippen molar-refractivity contribution in [2.24, 2.45) is 0 Å². The summed E-state index contributed by atoms with van der Waals surface area (Å²) < 4.78 is 15.1. The van der Waals surface area contributed by atoms with Gasteiger partial charge in [0.15, 0.2) is 0 Å². The number of halogens is 2. The molecule has 0 aliphatic carbocycles. The molecular weight excluding hydrogens is 345 g/mol. The highest BCUT2D eigenvalue weighted by Crippen LogP contribution is 2.19. The number of hydrogen-bond donors (Lipinski definition) is 1. The first kappa shape index (κ1) is 17.1. The van der Waals surface area contributed by atoms with Crippen molar-refractivity contribution in [2.75, 3.05) is 5.32 Å². The standard InChI is InChI=1S/C18H15ClFN3O2/c1-11-3-2-4-13-17(11)21-10-23(18(13)25)8-7-16(24)22-15-6-5-12(19)9-14(15)20/h2-6,9-10H,7-8H2,1H3,(H,22,24). The molecule has 128 valence electrons. The molecule has 0 aliphatic rings. The van der Waals surface area contributed by atoms with Crippen LogP contribution in [0, 0.1) is 12.7 Å². The molecule has 0 saturated heterocycles. The number of nitrogens with zero attached hydrogens (tertiary/aromatic N) is 2. The number of para-hydroxylation sites is 1. The Morgan fingerprint density at radius 1 is 1.32 bits per heavy atom. The minimum atomic E-state index is -0.610. The van der Waals surface area contributed by atoms with Crippen LogP contribution in [0.15, 0.2) is 47.5 Å². The molecule has 0 unspecified atom stereocenters. The van der Waals surface area contributed by atoms with Gasteiger partial charge >= 0.3 is 0 Å². The molecule has 3 aromatic rings. The predicted octanol–water partition coefficient (Wildman–Crippen LogP) is 3.53. The van der Waals surface area contributed by atoms with Crippen molar-refractivity contribution in [3.8, 4) is 0 Å². The highest BCUT2D eigenvalue weighted by molar-refractivity contribution is 6.30. The molecule has 0 aliphatic heterocycles. The molecule has 0 fully saturated rings. The fraction of sp³-hybridized carbons (Fsp3) is 0.167. The van der Waals surface area contributed by atoms with Crippen molar-refractivity contribution < 1.29 is 9.18 Å². The van der Waals surface area contributed by atoms with E-state index in [0.29, 0.717) is 10.9 Å². The normalized spacial score (nSPS) is 10.8. The van der Waals surface area contributed by atoms with E-state index in [1.54, 1.807) is 12.1 Å². The van der Waals surface area contributed by atoms with E-state index in [4.69, 9.17) is 11.6 Å². The van der Waals surface area contributed by atoms with Crippen LogP contribution in [0.5, 0.6) is 0 Å². The SMILES string of the molecule is Cc1cccc2c(=O)n(CCC(=O)Nc3ccc(Cl)cc3F)cnc12. The Bertz CT molecular complexity index is 1020. The maximum absolute atomic E-state index is 13.7. The first-order chi connectivity index (χ1) is 12.0. The van der Waals surface area contributed by atoms with Crippen LogP contribution in [0.2, 0.25) is 5.02 Å². The summed E-state index contributed by atoms with van der Waals surface area (Å²) in [4.78, 5) is 28.7. The number of carbonyl (C=O) groups is 1. The quantitative estimate of drug-likeness (QED) is 0.775. The third-order valence-corrected chi connectivity index (χ3v) is 4.08. The summed E-state index contributed by atoms with van der Waals surface area (Å²) in [6, 6.07) is 9.38. The minimum Gasteiger partial charge on any atom is -0.324 e. The predicted molar refractivity (Wildman–Crippen MR) is 95.4 cm³/mol. The number of fused-ring (bicyclic) bond motifs is 1. The smallest absolute Gasteiger partial charge is 0.261 e. The molecule has 7 heteroatoms. The molecule has 0 spiro atoms. The van der Waals surface area contributed by atoms with E-state index in [2.05, 4.69) is 10.3 Å². The lowest BCUT2D eigenvalue weighted by molar-refractivity contribution is -0.116.